The fraction of sp³-hybridized carbons (Fsp3) is 0.368. The molecule has 0 bridgehead atoms. The molecular weight excluding hydrogens is 694 g/mol. The maximum absolute atomic E-state index is 13.8. The third-order valence-corrected chi connectivity index (χ3v) is 10.7. The zero-order chi connectivity index (χ0) is 35.5. The summed E-state index contributed by atoms with van der Waals surface area (Å²) in [5.41, 5.74) is 1.78. The van der Waals surface area contributed by atoms with Crippen molar-refractivity contribution in [2.45, 2.75) is 74.9 Å². The van der Waals surface area contributed by atoms with Crippen molar-refractivity contribution in [1.82, 2.24) is 10.2 Å². The first-order valence-corrected chi connectivity index (χ1v) is 19.1. The maximum atomic E-state index is 13.8. The van der Waals surface area contributed by atoms with Crippen LogP contribution in [-0.2, 0) is 15.3 Å². The molecule has 50 heavy (non-hydrogen) atoms. The van der Waals surface area contributed by atoms with Gasteiger partial charge in [0.05, 0.1) is 31.9 Å². The van der Waals surface area contributed by atoms with Crippen LogP contribution in [0, 0.1) is 0 Å². The van der Waals surface area contributed by atoms with Crippen LogP contribution in [0.5, 0.6) is 17.2 Å². The van der Waals surface area contributed by atoms with Crippen molar-refractivity contribution >= 4 is 57.3 Å². The number of hydrogen-bond acceptors (Lipinski definition) is 10. The SMILES string of the molecule is CCCCCCCOc1ccc(C2/C(=C(/O)c3ccc(OCCCC)cc3)C(=O)C(=O)N2c2nnc(SCc3ccccc3Cl)s2)cc1OC. The fourth-order valence-electron chi connectivity index (χ4n) is 5.52. The van der Waals surface area contributed by atoms with Crippen molar-refractivity contribution < 1.29 is 28.9 Å². The number of aliphatic hydroxyl groups excluding tert-OH is 1. The van der Waals surface area contributed by atoms with Gasteiger partial charge in [-0.3, -0.25) is 14.5 Å². The molecule has 1 amide bonds. The van der Waals surface area contributed by atoms with E-state index >= 15 is 0 Å². The Hall–Kier alpha value is -4.06. The Morgan fingerprint density at radius 2 is 1.64 bits per heavy atom. The van der Waals surface area contributed by atoms with Crippen molar-refractivity contribution in [3.05, 3.63) is 94.0 Å². The lowest BCUT2D eigenvalue weighted by molar-refractivity contribution is -0.132. The zero-order valence-electron chi connectivity index (χ0n) is 28.5. The molecule has 1 aliphatic heterocycles. The Balaban J connectivity index is 1.48. The summed E-state index contributed by atoms with van der Waals surface area (Å²) in [5.74, 6) is 0.240. The highest BCUT2D eigenvalue weighted by Crippen LogP contribution is 2.46. The predicted octanol–water partition coefficient (Wildman–Crippen LogP) is 9.65. The van der Waals surface area contributed by atoms with E-state index in [4.69, 9.17) is 25.8 Å². The third-order valence-electron chi connectivity index (χ3n) is 8.26. The van der Waals surface area contributed by atoms with Gasteiger partial charge in [0.2, 0.25) is 5.13 Å². The number of halogens is 1. The van der Waals surface area contributed by atoms with Crippen LogP contribution in [0.4, 0.5) is 5.13 Å². The first kappa shape index (κ1) is 37.2. The van der Waals surface area contributed by atoms with E-state index in [0.717, 1.165) is 37.7 Å². The van der Waals surface area contributed by atoms with E-state index in [1.807, 2.05) is 24.3 Å². The highest BCUT2D eigenvalue weighted by atomic mass is 35.5. The number of Topliss-reactive ketones (excluding diaryl/α,β-unsaturated/α-hetero) is 1. The number of ketones is 1. The van der Waals surface area contributed by atoms with Crippen LogP contribution in [0.1, 0.15) is 81.5 Å². The smallest absolute Gasteiger partial charge is 0.301 e. The van der Waals surface area contributed by atoms with Crippen LogP contribution in [0.25, 0.3) is 5.76 Å². The number of carbonyl (C=O) groups excluding carboxylic acids is 2. The predicted molar refractivity (Wildman–Crippen MR) is 200 cm³/mol. The summed E-state index contributed by atoms with van der Waals surface area (Å²) in [6, 6.07) is 18.6. The number of thioether (sulfide) groups is 1. The van der Waals surface area contributed by atoms with Gasteiger partial charge in [0.1, 0.15) is 11.5 Å². The summed E-state index contributed by atoms with van der Waals surface area (Å²) in [7, 11) is 1.54. The van der Waals surface area contributed by atoms with E-state index in [2.05, 4.69) is 24.0 Å². The zero-order valence-corrected chi connectivity index (χ0v) is 30.9. The largest absolute Gasteiger partial charge is 0.507 e. The summed E-state index contributed by atoms with van der Waals surface area (Å²) < 4.78 is 18.2. The third kappa shape index (κ3) is 8.99. The minimum atomic E-state index is -1.01. The highest BCUT2D eigenvalue weighted by molar-refractivity contribution is 8.00. The number of benzene rings is 3. The molecule has 0 radical (unpaired) electrons. The molecule has 0 saturated carbocycles. The monoisotopic (exact) mass is 735 g/mol. The Morgan fingerprint density at radius 3 is 2.38 bits per heavy atom. The number of hydrogen-bond donors (Lipinski definition) is 1. The van der Waals surface area contributed by atoms with Gasteiger partial charge in [-0.1, -0.05) is 105 Å². The quantitative estimate of drug-likeness (QED) is 0.0267. The molecule has 1 aromatic heterocycles. The average molecular weight is 736 g/mol. The summed E-state index contributed by atoms with van der Waals surface area (Å²) in [6.07, 6.45) is 7.45. The average Bonchev–Trinajstić information content (AvgIpc) is 3.70. The number of ether oxygens (including phenoxy) is 3. The molecule has 3 aromatic carbocycles. The van der Waals surface area contributed by atoms with Gasteiger partial charge in [-0.05, 0) is 66.4 Å². The summed E-state index contributed by atoms with van der Waals surface area (Å²) in [6.45, 7) is 5.38. The van der Waals surface area contributed by atoms with Crippen molar-refractivity contribution in [2.24, 2.45) is 0 Å². The van der Waals surface area contributed by atoms with Crippen LogP contribution in [-0.4, -0.2) is 47.3 Å². The van der Waals surface area contributed by atoms with E-state index in [1.54, 1.807) is 49.6 Å². The Bertz CT molecular complexity index is 1800. The van der Waals surface area contributed by atoms with Gasteiger partial charge < -0.3 is 19.3 Å². The number of aliphatic hydroxyl groups is 1. The number of aromatic nitrogens is 2. The standard InChI is InChI=1S/C38H42ClN3O6S2/c1-4-6-8-9-12-22-48-30-20-17-26(23-31(30)46-3)33-32(34(43)25-15-18-28(19-16-25)47-21-7-5-2)35(44)36(45)42(33)37-40-41-38(50-37)49-24-27-13-10-11-14-29(27)39/h10-11,13-20,23,33,43H,4-9,12,21-22,24H2,1-3H3/b34-32-. The Morgan fingerprint density at radius 1 is 0.900 bits per heavy atom. The van der Waals surface area contributed by atoms with E-state index in [9.17, 15) is 14.7 Å². The van der Waals surface area contributed by atoms with E-state index < -0.39 is 17.7 Å². The first-order valence-electron chi connectivity index (χ1n) is 16.9. The number of nitrogens with zero attached hydrogens (tertiary/aromatic N) is 3. The molecule has 0 spiro atoms. The lowest BCUT2D eigenvalue weighted by atomic mass is 9.95. The number of anilines is 1. The van der Waals surface area contributed by atoms with Gasteiger partial charge in [-0.2, -0.15) is 0 Å². The van der Waals surface area contributed by atoms with Crippen LogP contribution < -0.4 is 19.1 Å². The molecule has 9 nitrogen and oxygen atoms in total. The highest BCUT2D eigenvalue weighted by Gasteiger charge is 2.48. The maximum Gasteiger partial charge on any atom is 0.301 e. The minimum Gasteiger partial charge on any atom is -0.507 e. The molecular formula is C38H42ClN3O6S2. The lowest BCUT2D eigenvalue weighted by Crippen LogP contribution is -2.29. The minimum absolute atomic E-state index is 0.0678. The van der Waals surface area contributed by atoms with Gasteiger partial charge in [-0.25, -0.2) is 0 Å². The van der Waals surface area contributed by atoms with Gasteiger partial charge in [-0.15, -0.1) is 10.2 Å². The lowest BCUT2D eigenvalue weighted by Gasteiger charge is -2.23. The second-order valence-electron chi connectivity index (χ2n) is 11.8. The van der Waals surface area contributed by atoms with Crippen molar-refractivity contribution in [2.75, 3.05) is 25.2 Å². The van der Waals surface area contributed by atoms with Gasteiger partial charge in [0, 0.05) is 16.3 Å². The molecule has 5 rings (SSSR count). The molecule has 0 aliphatic carbocycles. The second-order valence-corrected chi connectivity index (χ2v) is 14.4. The number of amides is 1. The Kier molecular flexibility index (Phi) is 13.6. The first-order chi connectivity index (χ1) is 24.4. The summed E-state index contributed by atoms with van der Waals surface area (Å²) >= 11 is 8.97. The topological polar surface area (TPSA) is 111 Å². The molecule has 1 aliphatic rings. The molecule has 2 heterocycles. The number of unbranched alkanes of at least 4 members (excludes halogenated alkanes) is 5. The molecule has 264 valence electrons. The van der Waals surface area contributed by atoms with E-state index in [-0.39, 0.29) is 16.5 Å². The van der Waals surface area contributed by atoms with Crippen molar-refractivity contribution in [3.63, 3.8) is 0 Å². The molecule has 1 atom stereocenters. The van der Waals surface area contributed by atoms with Crippen molar-refractivity contribution in [3.8, 4) is 17.2 Å². The molecule has 4 aromatic rings. The second kappa shape index (κ2) is 18.3. The van der Waals surface area contributed by atoms with Gasteiger partial charge >= 0.3 is 5.91 Å². The molecule has 1 unspecified atom stereocenters. The number of rotatable bonds is 18. The normalized spacial score (nSPS) is 15.4. The van der Waals surface area contributed by atoms with E-state index in [0.29, 0.717) is 56.7 Å². The van der Waals surface area contributed by atoms with Gasteiger partial charge in [0.15, 0.2) is 15.8 Å². The van der Waals surface area contributed by atoms with Crippen molar-refractivity contribution in [1.29, 1.82) is 0 Å². The van der Waals surface area contributed by atoms with E-state index in [1.165, 1.54) is 40.8 Å². The number of methoxy groups -OCH3 is 1. The molecule has 1 N–H and O–H groups in total. The summed E-state index contributed by atoms with van der Waals surface area (Å²) in [5, 5.41) is 21.2. The van der Waals surface area contributed by atoms with Crippen LogP contribution in [0.15, 0.2) is 76.6 Å². The molecule has 1 fully saturated rings. The molecule has 12 heteroatoms. The van der Waals surface area contributed by atoms with Crippen LogP contribution in [0.3, 0.4) is 0 Å². The summed E-state index contributed by atoms with van der Waals surface area (Å²) in [4.78, 5) is 28.9. The van der Waals surface area contributed by atoms with Gasteiger partial charge in [0.25, 0.3) is 5.78 Å². The van der Waals surface area contributed by atoms with Crippen LogP contribution in [0.2, 0.25) is 5.02 Å². The fourth-order valence-corrected chi connectivity index (χ4v) is 7.67. The number of carbonyl (C=O) groups is 2. The molecule has 1 saturated heterocycles. The Labute approximate surface area is 306 Å². The van der Waals surface area contributed by atoms with Crippen LogP contribution >= 0.6 is 34.7 Å².